The van der Waals surface area contributed by atoms with E-state index in [1.807, 2.05) is 0 Å². The molecule has 0 saturated heterocycles. The monoisotopic (exact) mass is 262 g/mol. The highest BCUT2D eigenvalue weighted by Gasteiger charge is 2.21. The number of rotatable bonds is 9. The van der Waals surface area contributed by atoms with Crippen molar-refractivity contribution in [1.29, 1.82) is 0 Å². The van der Waals surface area contributed by atoms with Crippen LogP contribution in [-0.2, 0) is 23.8 Å². The number of hydrogen-bond donors (Lipinski definition) is 1. The summed E-state index contributed by atoms with van der Waals surface area (Å²) in [7, 11) is 0. The van der Waals surface area contributed by atoms with Gasteiger partial charge < -0.3 is 19.3 Å². The van der Waals surface area contributed by atoms with Crippen LogP contribution in [0.2, 0.25) is 0 Å². The van der Waals surface area contributed by atoms with Gasteiger partial charge in [-0.05, 0) is 20.3 Å². The molecule has 6 nitrogen and oxygen atoms in total. The third kappa shape index (κ3) is 8.03. The first kappa shape index (κ1) is 16.9. The molecule has 0 aliphatic rings. The molecule has 0 bridgehead atoms. The zero-order valence-corrected chi connectivity index (χ0v) is 11.2. The van der Waals surface area contributed by atoms with Crippen molar-refractivity contribution in [1.82, 2.24) is 0 Å². The first-order valence-corrected chi connectivity index (χ1v) is 6.12. The Labute approximate surface area is 107 Å². The number of carbonyl (C=O) groups is 2. The molecule has 2 atom stereocenters. The number of unbranched alkanes of at least 4 members (excludes halogenated alkanes) is 1. The second-order valence-electron chi connectivity index (χ2n) is 3.89. The van der Waals surface area contributed by atoms with Gasteiger partial charge in [0.2, 0.25) is 0 Å². The van der Waals surface area contributed by atoms with Gasteiger partial charge in [0.05, 0.1) is 6.61 Å². The van der Waals surface area contributed by atoms with Gasteiger partial charge in [0, 0.05) is 6.61 Å². The van der Waals surface area contributed by atoms with Gasteiger partial charge in [0.25, 0.3) is 0 Å². The second kappa shape index (κ2) is 9.85. The molecular weight excluding hydrogens is 240 g/mol. The van der Waals surface area contributed by atoms with E-state index in [4.69, 9.17) is 14.6 Å². The van der Waals surface area contributed by atoms with Crippen molar-refractivity contribution in [3.05, 3.63) is 0 Å². The summed E-state index contributed by atoms with van der Waals surface area (Å²) in [5.41, 5.74) is 0. The molecule has 106 valence electrons. The molecule has 0 fully saturated rings. The summed E-state index contributed by atoms with van der Waals surface area (Å²) in [6.07, 6.45) is -0.261. The Kier molecular flexibility index (Phi) is 9.22. The minimum atomic E-state index is -1.25. The van der Waals surface area contributed by atoms with Gasteiger partial charge in [0.15, 0.2) is 6.10 Å². The molecule has 0 heterocycles. The van der Waals surface area contributed by atoms with Crippen LogP contribution in [0.15, 0.2) is 0 Å². The van der Waals surface area contributed by atoms with Gasteiger partial charge in [-0.3, -0.25) is 0 Å². The second-order valence-corrected chi connectivity index (χ2v) is 3.89. The van der Waals surface area contributed by atoms with E-state index in [9.17, 15) is 9.59 Å². The Hall–Kier alpha value is -1.14. The molecule has 6 heteroatoms. The first-order valence-electron chi connectivity index (χ1n) is 6.12. The highest BCUT2D eigenvalue weighted by atomic mass is 16.6. The van der Waals surface area contributed by atoms with E-state index in [1.54, 1.807) is 0 Å². The number of aliphatic hydroxyl groups is 1. The van der Waals surface area contributed by atoms with Crippen molar-refractivity contribution in [2.45, 2.75) is 45.8 Å². The van der Waals surface area contributed by atoms with E-state index >= 15 is 0 Å². The SMILES string of the molecule is CCCCOCCOC(=O)C(C)OC(=O)C(C)O. The molecule has 0 amide bonds. The molecule has 0 spiro atoms. The van der Waals surface area contributed by atoms with E-state index in [-0.39, 0.29) is 6.61 Å². The zero-order valence-electron chi connectivity index (χ0n) is 11.2. The standard InChI is InChI=1S/C12H22O6/c1-4-5-6-16-7-8-17-12(15)10(3)18-11(14)9(2)13/h9-10,13H,4-8H2,1-3H3. The summed E-state index contributed by atoms with van der Waals surface area (Å²) in [5.74, 6) is -1.50. The summed E-state index contributed by atoms with van der Waals surface area (Å²) in [6, 6.07) is 0. The van der Waals surface area contributed by atoms with Crippen LogP contribution in [0.5, 0.6) is 0 Å². The third-order valence-corrected chi connectivity index (χ3v) is 2.08. The average molecular weight is 262 g/mol. The largest absolute Gasteiger partial charge is 0.461 e. The lowest BCUT2D eigenvalue weighted by Gasteiger charge is -2.13. The Bertz CT molecular complexity index is 251. The summed E-state index contributed by atoms with van der Waals surface area (Å²) in [6.45, 7) is 5.80. The highest BCUT2D eigenvalue weighted by Crippen LogP contribution is 1.98. The number of ether oxygens (including phenoxy) is 3. The van der Waals surface area contributed by atoms with Crippen LogP contribution >= 0.6 is 0 Å². The molecule has 1 N–H and O–H groups in total. The minimum absolute atomic E-state index is 0.124. The van der Waals surface area contributed by atoms with Crippen molar-refractivity contribution in [3.8, 4) is 0 Å². The molecule has 2 unspecified atom stereocenters. The van der Waals surface area contributed by atoms with Gasteiger partial charge in [-0.15, -0.1) is 0 Å². The number of aliphatic hydroxyl groups excluding tert-OH is 1. The highest BCUT2D eigenvalue weighted by molar-refractivity contribution is 5.80. The van der Waals surface area contributed by atoms with Gasteiger partial charge in [-0.2, -0.15) is 0 Å². The predicted octanol–water partition coefficient (Wildman–Crippen LogP) is 0.659. The molecule has 18 heavy (non-hydrogen) atoms. The van der Waals surface area contributed by atoms with Crippen LogP contribution in [0.4, 0.5) is 0 Å². The van der Waals surface area contributed by atoms with Crippen molar-refractivity contribution < 1.29 is 28.9 Å². The van der Waals surface area contributed by atoms with E-state index < -0.39 is 24.1 Å². The summed E-state index contributed by atoms with van der Waals surface area (Å²) < 4.78 is 14.7. The summed E-state index contributed by atoms with van der Waals surface area (Å²) in [5, 5.41) is 8.90. The fourth-order valence-electron chi connectivity index (χ4n) is 0.988. The molecule has 0 aromatic rings. The molecule has 0 aliphatic heterocycles. The Balaban J connectivity index is 3.65. The van der Waals surface area contributed by atoms with Crippen LogP contribution in [0.1, 0.15) is 33.6 Å². The van der Waals surface area contributed by atoms with E-state index in [2.05, 4.69) is 11.7 Å². The van der Waals surface area contributed by atoms with E-state index in [0.29, 0.717) is 13.2 Å². The maximum Gasteiger partial charge on any atom is 0.347 e. The van der Waals surface area contributed by atoms with Crippen molar-refractivity contribution >= 4 is 11.9 Å². The fraction of sp³-hybridized carbons (Fsp3) is 0.833. The normalized spacial score (nSPS) is 13.8. The topological polar surface area (TPSA) is 82.1 Å². The molecule has 0 aromatic heterocycles. The third-order valence-electron chi connectivity index (χ3n) is 2.08. The number of carbonyl (C=O) groups excluding carboxylic acids is 2. The van der Waals surface area contributed by atoms with Crippen molar-refractivity contribution in [2.24, 2.45) is 0 Å². The molecule has 0 aliphatic carbocycles. The Morgan fingerprint density at radius 2 is 1.78 bits per heavy atom. The van der Waals surface area contributed by atoms with Gasteiger partial charge in [-0.25, -0.2) is 9.59 Å². The average Bonchev–Trinajstić information content (AvgIpc) is 2.32. The first-order chi connectivity index (χ1) is 8.49. The smallest absolute Gasteiger partial charge is 0.347 e. The van der Waals surface area contributed by atoms with Crippen LogP contribution in [0, 0.1) is 0 Å². The van der Waals surface area contributed by atoms with Crippen molar-refractivity contribution in [3.63, 3.8) is 0 Å². The lowest BCUT2D eigenvalue weighted by Crippen LogP contribution is -2.31. The number of esters is 2. The maximum atomic E-state index is 11.4. The summed E-state index contributed by atoms with van der Waals surface area (Å²) in [4.78, 5) is 22.4. The predicted molar refractivity (Wildman–Crippen MR) is 63.9 cm³/mol. The molecule has 0 aromatic carbocycles. The lowest BCUT2D eigenvalue weighted by atomic mass is 10.4. The van der Waals surface area contributed by atoms with Crippen LogP contribution < -0.4 is 0 Å². The van der Waals surface area contributed by atoms with Gasteiger partial charge in [-0.1, -0.05) is 13.3 Å². The molecular formula is C12H22O6. The molecule has 0 saturated carbocycles. The van der Waals surface area contributed by atoms with Crippen LogP contribution in [0.25, 0.3) is 0 Å². The van der Waals surface area contributed by atoms with Crippen molar-refractivity contribution in [2.75, 3.05) is 19.8 Å². The fourth-order valence-corrected chi connectivity index (χ4v) is 0.988. The maximum absolute atomic E-state index is 11.4. The summed E-state index contributed by atoms with van der Waals surface area (Å²) >= 11 is 0. The van der Waals surface area contributed by atoms with Gasteiger partial charge in [0.1, 0.15) is 12.7 Å². The quantitative estimate of drug-likeness (QED) is 0.485. The van der Waals surface area contributed by atoms with E-state index in [0.717, 1.165) is 12.8 Å². The molecule has 0 radical (unpaired) electrons. The number of hydrogen-bond acceptors (Lipinski definition) is 6. The van der Waals surface area contributed by atoms with E-state index in [1.165, 1.54) is 13.8 Å². The van der Waals surface area contributed by atoms with Crippen LogP contribution in [-0.4, -0.2) is 49.1 Å². The zero-order chi connectivity index (χ0) is 14.0. The van der Waals surface area contributed by atoms with Crippen LogP contribution in [0.3, 0.4) is 0 Å². The minimum Gasteiger partial charge on any atom is -0.461 e. The van der Waals surface area contributed by atoms with Gasteiger partial charge >= 0.3 is 11.9 Å². The Morgan fingerprint density at radius 1 is 1.11 bits per heavy atom. The Morgan fingerprint density at radius 3 is 2.33 bits per heavy atom. The lowest BCUT2D eigenvalue weighted by molar-refractivity contribution is -0.172. The molecule has 0 rings (SSSR count).